The van der Waals surface area contributed by atoms with Crippen LogP contribution in [0.1, 0.15) is 5.56 Å². The monoisotopic (exact) mass is 232 g/mol. The number of hydrogen-bond donors (Lipinski definition) is 2. The van der Waals surface area contributed by atoms with Crippen LogP contribution in [-0.2, 0) is 6.54 Å². The number of ether oxygens (including phenoxy) is 1. The van der Waals surface area contributed by atoms with Crippen molar-refractivity contribution in [2.24, 2.45) is 0 Å². The molecule has 0 bridgehead atoms. The highest BCUT2D eigenvalue weighted by molar-refractivity contribution is 5.36. The number of nitrogens with zero attached hydrogens (tertiary/aromatic N) is 2. The fourth-order valence-corrected chi connectivity index (χ4v) is 1.42. The van der Waals surface area contributed by atoms with Crippen LogP contribution in [0.3, 0.4) is 0 Å². The molecule has 0 spiro atoms. The van der Waals surface area contributed by atoms with Gasteiger partial charge in [0, 0.05) is 12.1 Å². The Hall–Kier alpha value is -2.37. The zero-order valence-corrected chi connectivity index (χ0v) is 9.30. The fraction of sp³-hybridized carbons (Fsp3) is 0.182. The number of rotatable bonds is 4. The van der Waals surface area contributed by atoms with Gasteiger partial charge in [-0.3, -0.25) is 9.78 Å². The number of nitrogens with one attached hydrogen (secondary N) is 2. The molecule has 0 aliphatic heterocycles. The second-order valence-electron chi connectivity index (χ2n) is 3.35. The smallest absolute Gasteiger partial charge is 0.271 e. The average Bonchev–Trinajstić information content (AvgIpc) is 2.37. The molecule has 2 rings (SSSR count). The van der Waals surface area contributed by atoms with Gasteiger partial charge >= 0.3 is 0 Å². The first-order valence-corrected chi connectivity index (χ1v) is 5.07. The fourth-order valence-electron chi connectivity index (χ4n) is 1.42. The molecule has 0 saturated heterocycles. The van der Waals surface area contributed by atoms with Crippen LogP contribution in [0.15, 0.2) is 35.3 Å². The second-order valence-corrected chi connectivity index (χ2v) is 3.35. The Kier molecular flexibility index (Phi) is 3.34. The molecule has 1 heterocycles. The molecule has 88 valence electrons. The molecule has 0 aliphatic carbocycles. The van der Waals surface area contributed by atoms with Crippen molar-refractivity contribution in [1.29, 1.82) is 0 Å². The summed E-state index contributed by atoms with van der Waals surface area (Å²) in [6.07, 6.45) is 1.12. The van der Waals surface area contributed by atoms with Crippen molar-refractivity contribution < 1.29 is 4.74 Å². The number of benzene rings is 1. The first-order valence-electron chi connectivity index (χ1n) is 5.07. The Morgan fingerprint density at radius 2 is 2.24 bits per heavy atom. The van der Waals surface area contributed by atoms with E-state index in [4.69, 9.17) is 4.74 Å². The van der Waals surface area contributed by atoms with Crippen molar-refractivity contribution in [3.05, 3.63) is 46.4 Å². The van der Waals surface area contributed by atoms with Crippen LogP contribution in [0.4, 0.5) is 5.95 Å². The van der Waals surface area contributed by atoms with Crippen molar-refractivity contribution in [2.75, 3.05) is 12.4 Å². The van der Waals surface area contributed by atoms with Gasteiger partial charge in [0.2, 0.25) is 5.95 Å². The summed E-state index contributed by atoms with van der Waals surface area (Å²) in [4.78, 5) is 13.5. The number of H-pyrrole nitrogens is 1. The number of aromatic amines is 1. The van der Waals surface area contributed by atoms with Crippen LogP contribution < -0.4 is 15.6 Å². The molecule has 0 atom stereocenters. The van der Waals surface area contributed by atoms with Gasteiger partial charge < -0.3 is 10.1 Å². The van der Waals surface area contributed by atoms with Gasteiger partial charge in [-0.2, -0.15) is 0 Å². The summed E-state index contributed by atoms with van der Waals surface area (Å²) >= 11 is 0. The van der Waals surface area contributed by atoms with Gasteiger partial charge in [0.25, 0.3) is 5.56 Å². The van der Waals surface area contributed by atoms with E-state index in [0.29, 0.717) is 12.5 Å². The molecule has 0 fully saturated rings. The molecular formula is C11H12N4O2. The average molecular weight is 232 g/mol. The Balaban J connectivity index is 2.09. The lowest BCUT2D eigenvalue weighted by Crippen LogP contribution is -2.13. The van der Waals surface area contributed by atoms with E-state index in [-0.39, 0.29) is 5.56 Å². The minimum Gasteiger partial charge on any atom is -0.496 e. The molecule has 0 radical (unpaired) electrons. The lowest BCUT2D eigenvalue weighted by atomic mass is 10.2. The first-order chi connectivity index (χ1) is 8.29. The molecule has 0 saturated carbocycles. The highest BCUT2D eigenvalue weighted by Crippen LogP contribution is 2.17. The highest BCUT2D eigenvalue weighted by atomic mass is 16.5. The van der Waals surface area contributed by atoms with Crippen LogP contribution in [0, 0.1) is 0 Å². The topological polar surface area (TPSA) is 79.9 Å². The van der Waals surface area contributed by atoms with Crippen LogP contribution in [0.2, 0.25) is 0 Å². The zero-order valence-electron chi connectivity index (χ0n) is 9.30. The van der Waals surface area contributed by atoms with Gasteiger partial charge in [0.1, 0.15) is 11.9 Å². The van der Waals surface area contributed by atoms with Gasteiger partial charge in [-0.25, -0.2) is 0 Å². The number of hydrogen-bond acceptors (Lipinski definition) is 5. The third-order valence-corrected chi connectivity index (χ3v) is 2.21. The molecule has 2 aromatic rings. The predicted octanol–water partition coefficient (Wildman–Crippen LogP) is 0.786. The van der Waals surface area contributed by atoms with E-state index in [9.17, 15) is 4.79 Å². The molecular weight excluding hydrogens is 220 g/mol. The van der Waals surface area contributed by atoms with Crippen molar-refractivity contribution in [3.8, 4) is 5.75 Å². The lowest BCUT2D eigenvalue weighted by Gasteiger charge is -2.08. The summed E-state index contributed by atoms with van der Waals surface area (Å²) in [6, 6.07) is 7.61. The van der Waals surface area contributed by atoms with E-state index >= 15 is 0 Å². The van der Waals surface area contributed by atoms with Crippen molar-refractivity contribution >= 4 is 5.95 Å². The van der Waals surface area contributed by atoms with Gasteiger partial charge in [-0.15, -0.1) is 10.2 Å². The molecule has 17 heavy (non-hydrogen) atoms. The second kappa shape index (κ2) is 5.11. The highest BCUT2D eigenvalue weighted by Gasteiger charge is 2.02. The van der Waals surface area contributed by atoms with Crippen LogP contribution in [0.5, 0.6) is 5.75 Å². The molecule has 1 aromatic carbocycles. The summed E-state index contributed by atoms with van der Waals surface area (Å²) in [5.74, 6) is 1.12. The van der Waals surface area contributed by atoms with E-state index in [0.717, 1.165) is 17.5 Å². The third kappa shape index (κ3) is 2.81. The van der Waals surface area contributed by atoms with Gasteiger partial charge in [0.15, 0.2) is 0 Å². The Labute approximate surface area is 97.7 Å². The summed E-state index contributed by atoms with van der Waals surface area (Å²) in [7, 11) is 1.61. The zero-order chi connectivity index (χ0) is 12.1. The summed E-state index contributed by atoms with van der Waals surface area (Å²) in [5.41, 5.74) is 0.684. The summed E-state index contributed by atoms with van der Waals surface area (Å²) in [5, 5.41) is 10.3. The molecule has 0 aliphatic rings. The SMILES string of the molecule is COc1ccccc1CNc1nncc(=O)[nH]1. The minimum absolute atomic E-state index is 0.289. The van der Waals surface area contributed by atoms with Crippen molar-refractivity contribution in [2.45, 2.75) is 6.54 Å². The largest absolute Gasteiger partial charge is 0.496 e. The maximum atomic E-state index is 11.0. The maximum absolute atomic E-state index is 11.0. The lowest BCUT2D eigenvalue weighted by molar-refractivity contribution is 0.410. The van der Waals surface area contributed by atoms with Gasteiger partial charge in [0.05, 0.1) is 7.11 Å². The van der Waals surface area contributed by atoms with Crippen LogP contribution in [-0.4, -0.2) is 22.3 Å². The first kappa shape index (κ1) is 11.1. The van der Waals surface area contributed by atoms with Crippen LogP contribution >= 0.6 is 0 Å². The Bertz CT molecular complexity index is 553. The van der Waals surface area contributed by atoms with E-state index in [2.05, 4.69) is 20.5 Å². The standard InChI is InChI=1S/C11H12N4O2/c1-17-9-5-3-2-4-8(9)6-12-11-14-10(16)7-13-15-11/h2-5,7H,6H2,1H3,(H2,12,14,15,16). The summed E-state index contributed by atoms with van der Waals surface area (Å²) in [6.45, 7) is 0.499. The van der Waals surface area contributed by atoms with E-state index in [1.807, 2.05) is 24.3 Å². The maximum Gasteiger partial charge on any atom is 0.271 e. The molecule has 0 amide bonds. The number of methoxy groups -OCH3 is 1. The molecule has 6 nitrogen and oxygen atoms in total. The van der Waals surface area contributed by atoms with Crippen molar-refractivity contribution in [3.63, 3.8) is 0 Å². The van der Waals surface area contributed by atoms with Gasteiger partial charge in [-0.05, 0) is 6.07 Å². The third-order valence-electron chi connectivity index (χ3n) is 2.21. The van der Waals surface area contributed by atoms with Crippen molar-refractivity contribution in [1.82, 2.24) is 15.2 Å². The van der Waals surface area contributed by atoms with E-state index < -0.39 is 0 Å². The minimum atomic E-state index is -0.289. The predicted molar refractivity (Wildman–Crippen MR) is 63.0 cm³/mol. The van der Waals surface area contributed by atoms with Crippen LogP contribution in [0.25, 0.3) is 0 Å². The Morgan fingerprint density at radius 3 is 3.00 bits per heavy atom. The normalized spacial score (nSPS) is 9.94. The van der Waals surface area contributed by atoms with Gasteiger partial charge in [-0.1, -0.05) is 18.2 Å². The molecule has 1 aromatic heterocycles. The molecule has 6 heteroatoms. The number of para-hydroxylation sites is 1. The molecule has 2 N–H and O–H groups in total. The van der Waals surface area contributed by atoms with E-state index in [1.54, 1.807) is 7.11 Å². The number of anilines is 1. The summed E-state index contributed by atoms with van der Waals surface area (Å²) < 4.78 is 5.21. The number of aromatic nitrogens is 3. The quantitative estimate of drug-likeness (QED) is 0.814. The molecule has 0 unspecified atom stereocenters. The Morgan fingerprint density at radius 1 is 1.41 bits per heavy atom. The van der Waals surface area contributed by atoms with E-state index in [1.165, 1.54) is 0 Å².